The highest BCUT2D eigenvalue weighted by Crippen LogP contribution is 2.37. The number of nitrogens with two attached hydrogens (primary N) is 1. The van der Waals surface area contributed by atoms with Crippen LogP contribution in [0.15, 0.2) is 36.5 Å². The number of H-pyrrole nitrogens is 1. The van der Waals surface area contributed by atoms with Gasteiger partial charge in [0.15, 0.2) is 0 Å². The molecule has 2 aromatic heterocycles. The van der Waals surface area contributed by atoms with Gasteiger partial charge < -0.3 is 15.6 Å². The average molecular weight is 430 g/mol. The molecule has 10 heteroatoms. The van der Waals surface area contributed by atoms with Crippen molar-refractivity contribution in [2.75, 3.05) is 18.8 Å². The van der Waals surface area contributed by atoms with Crippen molar-refractivity contribution in [2.24, 2.45) is 0 Å². The third-order valence-corrected chi connectivity index (χ3v) is 5.44. The second-order valence-electron chi connectivity index (χ2n) is 7.50. The molecule has 0 atom stereocenters. The van der Waals surface area contributed by atoms with Crippen LogP contribution in [0, 0.1) is 0 Å². The van der Waals surface area contributed by atoms with E-state index in [2.05, 4.69) is 19.9 Å². The second-order valence-corrected chi connectivity index (χ2v) is 7.50. The number of amides is 1. The molecule has 31 heavy (non-hydrogen) atoms. The van der Waals surface area contributed by atoms with Crippen LogP contribution in [0.3, 0.4) is 0 Å². The van der Waals surface area contributed by atoms with Crippen LogP contribution in [0.25, 0.3) is 22.6 Å². The number of nitrogens with zero attached hydrogens (tertiary/aromatic N) is 4. The zero-order valence-electron chi connectivity index (χ0n) is 16.8. The number of anilines is 1. The lowest BCUT2D eigenvalue weighted by molar-refractivity contribution is -0.137. The molecular formula is C21H21F3N6O. The van der Waals surface area contributed by atoms with E-state index < -0.39 is 11.7 Å². The van der Waals surface area contributed by atoms with Crippen LogP contribution in [0.2, 0.25) is 0 Å². The Hall–Kier alpha value is -3.43. The largest absolute Gasteiger partial charge is 0.416 e. The van der Waals surface area contributed by atoms with Crippen molar-refractivity contribution in [1.29, 1.82) is 0 Å². The summed E-state index contributed by atoms with van der Waals surface area (Å²) >= 11 is 0. The Bertz CT molecular complexity index is 1100. The van der Waals surface area contributed by atoms with E-state index >= 15 is 0 Å². The Morgan fingerprint density at radius 1 is 1.19 bits per heavy atom. The van der Waals surface area contributed by atoms with Crippen molar-refractivity contribution in [3.05, 3.63) is 47.9 Å². The second kappa shape index (κ2) is 8.01. The molecule has 1 fully saturated rings. The summed E-state index contributed by atoms with van der Waals surface area (Å²) in [7, 11) is 0. The van der Waals surface area contributed by atoms with Crippen LogP contribution in [0.4, 0.5) is 19.1 Å². The summed E-state index contributed by atoms with van der Waals surface area (Å²) in [5.74, 6) is 0.786. The lowest BCUT2D eigenvalue weighted by Crippen LogP contribution is -2.36. The third-order valence-electron chi connectivity index (χ3n) is 5.44. The molecule has 0 unspecified atom stereocenters. The molecule has 0 aliphatic carbocycles. The van der Waals surface area contributed by atoms with Crippen molar-refractivity contribution in [2.45, 2.75) is 31.9 Å². The first-order valence-corrected chi connectivity index (χ1v) is 9.84. The lowest BCUT2D eigenvalue weighted by Gasteiger charge is -2.30. The van der Waals surface area contributed by atoms with Crippen molar-refractivity contribution in [3.63, 3.8) is 0 Å². The van der Waals surface area contributed by atoms with E-state index in [0.717, 1.165) is 12.1 Å². The minimum atomic E-state index is -4.46. The van der Waals surface area contributed by atoms with E-state index in [1.807, 2.05) is 0 Å². The zero-order chi connectivity index (χ0) is 22.2. The Morgan fingerprint density at radius 3 is 2.58 bits per heavy atom. The van der Waals surface area contributed by atoms with Crippen molar-refractivity contribution >= 4 is 11.9 Å². The van der Waals surface area contributed by atoms with Crippen molar-refractivity contribution in [3.8, 4) is 22.6 Å². The number of rotatable bonds is 3. The van der Waals surface area contributed by atoms with Crippen molar-refractivity contribution < 1.29 is 18.0 Å². The zero-order valence-corrected chi connectivity index (χ0v) is 16.8. The number of piperidine rings is 1. The minimum Gasteiger partial charge on any atom is -0.368 e. The monoisotopic (exact) mass is 430 g/mol. The van der Waals surface area contributed by atoms with Gasteiger partial charge in [-0.2, -0.15) is 13.2 Å². The molecule has 1 amide bonds. The predicted octanol–water partition coefficient (Wildman–Crippen LogP) is 3.86. The number of alkyl halides is 3. The molecule has 162 valence electrons. The standard InChI is InChI=1S/C21H21F3N6O/c1-12(31)30-9-6-13(7-10-30)19-28-17(14-3-2-4-15(11-14)21(22,23)24)18(29-19)16-5-8-26-20(25)27-16/h2-5,8,11,13H,6-7,9-10H2,1H3,(H,28,29)(H2,25,26,27). The van der Waals surface area contributed by atoms with E-state index in [0.29, 0.717) is 54.4 Å². The number of hydrogen-bond donors (Lipinski definition) is 2. The highest BCUT2D eigenvalue weighted by atomic mass is 19.4. The maximum atomic E-state index is 13.3. The average Bonchev–Trinajstić information content (AvgIpc) is 3.19. The Labute approximate surface area is 176 Å². The number of halogens is 3. The molecule has 0 saturated carbocycles. The van der Waals surface area contributed by atoms with Crippen LogP contribution in [0.1, 0.15) is 37.1 Å². The quantitative estimate of drug-likeness (QED) is 0.657. The molecule has 0 spiro atoms. The molecule has 3 aromatic rings. The van der Waals surface area contributed by atoms with E-state index in [4.69, 9.17) is 5.73 Å². The topological polar surface area (TPSA) is 101 Å². The first-order chi connectivity index (χ1) is 14.7. The number of hydrogen-bond acceptors (Lipinski definition) is 5. The molecule has 1 aliphatic rings. The fourth-order valence-corrected chi connectivity index (χ4v) is 3.80. The number of nitrogens with one attached hydrogen (secondary N) is 1. The van der Waals surface area contributed by atoms with Gasteiger partial charge in [-0.05, 0) is 31.0 Å². The van der Waals surface area contributed by atoms with E-state index in [-0.39, 0.29) is 17.8 Å². The molecule has 1 saturated heterocycles. The molecule has 1 aromatic carbocycles. The Kier molecular flexibility index (Phi) is 5.38. The van der Waals surface area contributed by atoms with Crippen LogP contribution in [0.5, 0.6) is 0 Å². The van der Waals surface area contributed by atoms with Gasteiger partial charge in [0.2, 0.25) is 11.9 Å². The van der Waals surface area contributed by atoms with Gasteiger partial charge in [0.1, 0.15) is 5.82 Å². The highest BCUT2D eigenvalue weighted by Gasteiger charge is 2.31. The number of aromatic amines is 1. The third kappa shape index (κ3) is 4.37. The normalized spacial score (nSPS) is 15.3. The number of aromatic nitrogens is 4. The fraction of sp³-hybridized carbons (Fsp3) is 0.333. The first kappa shape index (κ1) is 20.8. The number of carbonyl (C=O) groups is 1. The van der Waals surface area contributed by atoms with Gasteiger partial charge >= 0.3 is 6.18 Å². The van der Waals surface area contributed by atoms with Gasteiger partial charge in [0.05, 0.1) is 22.6 Å². The van der Waals surface area contributed by atoms with Crippen molar-refractivity contribution in [1.82, 2.24) is 24.8 Å². The summed E-state index contributed by atoms with van der Waals surface area (Å²) in [6.07, 6.45) is -1.56. The van der Waals surface area contributed by atoms with Crippen LogP contribution >= 0.6 is 0 Å². The van der Waals surface area contributed by atoms with E-state index in [1.165, 1.54) is 19.2 Å². The molecule has 1 aliphatic heterocycles. The number of imidazole rings is 1. The molecule has 7 nitrogen and oxygen atoms in total. The SMILES string of the molecule is CC(=O)N1CCC(c2nc(-c3cccc(C(F)(F)F)c3)c(-c3ccnc(N)n3)[nH]2)CC1. The van der Waals surface area contributed by atoms with Gasteiger partial charge in [-0.3, -0.25) is 4.79 Å². The Balaban J connectivity index is 1.76. The van der Waals surface area contributed by atoms with Gasteiger partial charge in [0, 0.05) is 37.7 Å². The summed E-state index contributed by atoms with van der Waals surface area (Å²) in [5.41, 5.74) is 6.59. The van der Waals surface area contributed by atoms with Crippen LogP contribution in [-0.4, -0.2) is 43.8 Å². The smallest absolute Gasteiger partial charge is 0.368 e. The van der Waals surface area contributed by atoms with Crippen LogP contribution < -0.4 is 5.73 Å². The van der Waals surface area contributed by atoms with Gasteiger partial charge in [0.25, 0.3) is 0 Å². The summed E-state index contributed by atoms with van der Waals surface area (Å²) in [6.45, 7) is 2.75. The number of nitrogen functional groups attached to an aromatic ring is 1. The summed E-state index contributed by atoms with van der Waals surface area (Å²) < 4.78 is 39.8. The number of benzene rings is 1. The lowest BCUT2D eigenvalue weighted by atomic mass is 9.96. The molecule has 0 radical (unpaired) electrons. The molecule has 3 heterocycles. The maximum absolute atomic E-state index is 13.3. The van der Waals surface area contributed by atoms with Gasteiger partial charge in [-0.15, -0.1) is 0 Å². The van der Waals surface area contributed by atoms with Crippen LogP contribution in [-0.2, 0) is 11.0 Å². The highest BCUT2D eigenvalue weighted by molar-refractivity contribution is 5.77. The summed E-state index contributed by atoms with van der Waals surface area (Å²) in [4.78, 5) is 29.4. The first-order valence-electron chi connectivity index (χ1n) is 9.84. The molecule has 4 rings (SSSR count). The summed E-state index contributed by atoms with van der Waals surface area (Å²) in [6, 6.07) is 6.67. The van der Waals surface area contributed by atoms with Gasteiger partial charge in [-0.1, -0.05) is 12.1 Å². The van der Waals surface area contributed by atoms with E-state index in [9.17, 15) is 18.0 Å². The molecular weight excluding hydrogens is 409 g/mol. The number of carbonyl (C=O) groups excluding carboxylic acids is 1. The summed E-state index contributed by atoms with van der Waals surface area (Å²) in [5, 5.41) is 0. The predicted molar refractivity (Wildman–Crippen MR) is 109 cm³/mol. The van der Waals surface area contributed by atoms with E-state index in [1.54, 1.807) is 17.0 Å². The molecule has 3 N–H and O–H groups in total. The Morgan fingerprint density at radius 2 is 1.94 bits per heavy atom. The minimum absolute atomic E-state index is 0.0275. The maximum Gasteiger partial charge on any atom is 0.416 e. The molecule has 0 bridgehead atoms. The number of likely N-dealkylation sites (tertiary alicyclic amines) is 1. The van der Waals surface area contributed by atoms with Gasteiger partial charge in [-0.25, -0.2) is 15.0 Å². The fourth-order valence-electron chi connectivity index (χ4n) is 3.80.